The van der Waals surface area contributed by atoms with Gasteiger partial charge in [0.25, 0.3) is 0 Å². The molecule has 4 rings (SSSR count). The van der Waals surface area contributed by atoms with Crippen LogP contribution >= 0.6 is 0 Å². The number of aromatic nitrogens is 1. The molecule has 1 heterocycles. The van der Waals surface area contributed by atoms with Crippen LogP contribution in [0.2, 0.25) is 0 Å². The molecule has 3 aromatic rings. The molecule has 0 amide bonds. The first-order chi connectivity index (χ1) is 15.9. The Balaban J connectivity index is 1.99. The Kier molecular flexibility index (Phi) is 4.36. The molecule has 0 atom stereocenters. The van der Waals surface area contributed by atoms with Gasteiger partial charge >= 0.3 is 0 Å². The highest BCUT2D eigenvalue weighted by Gasteiger charge is 2.41. The molecule has 0 saturated carbocycles. The van der Waals surface area contributed by atoms with Gasteiger partial charge in [0.05, 0.1) is 0 Å². The van der Waals surface area contributed by atoms with E-state index in [1.165, 1.54) is 16.7 Å². The monoisotopic (exact) mass is 429 g/mol. The Morgan fingerprint density at radius 2 is 1.53 bits per heavy atom. The predicted molar refractivity (Wildman–Crippen MR) is 137 cm³/mol. The van der Waals surface area contributed by atoms with Crippen LogP contribution < -0.4 is 4.57 Å². The van der Waals surface area contributed by atoms with Crippen LogP contribution in [0.1, 0.15) is 86.8 Å². The lowest BCUT2D eigenvalue weighted by Gasteiger charge is -2.22. The lowest BCUT2D eigenvalue weighted by atomic mass is 9.82. The summed E-state index contributed by atoms with van der Waals surface area (Å²) in [5.74, 6) is 0. The summed E-state index contributed by atoms with van der Waals surface area (Å²) < 4.78 is 27.1. The molecule has 0 N–H and O–H groups in total. The lowest BCUT2D eigenvalue weighted by molar-refractivity contribution is -0.660. The van der Waals surface area contributed by atoms with E-state index in [4.69, 9.17) is 4.11 Å². The van der Waals surface area contributed by atoms with Crippen molar-refractivity contribution in [1.29, 1.82) is 0 Å². The van der Waals surface area contributed by atoms with Crippen molar-refractivity contribution >= 4 is 0 Å². The van der Waals surface area contributed by atoms with Crippen molar-refractivity contribution in [2.75, 3.05) is 0 Å². The number of nitrogens with zero attached hydrogens (tertiary/aromatic N) is 1. The molecule has 32 heavy (non-hydrogen) atoms. The number of pyridine rings is 1. The normalized spacial score (nSPS) is 18.6. The number of rotatable bonds is 2. The zero-order valence-corrected chi connectivity index (χ0v) is 21.3. The molecule has 2 aromatic carbocycles. The Morgan fingerprint density at radius 3 is 2.19 bits per heavy atom. The minimum absolute atomic E-state index is 0.0245. The molecule has 1 heteroatoms. The molecule has 1 aromatic heterocycles. The SMILES string of the molecule is [2H]C([2H])([2H])c1cc(C)c(-c2cc(C(C)(C)C)cc[n+]2C)cc1-c1ccc2c(c1)C(C)(C)CC2(C)C. The maximum atomic E-state index is 8.32. The summed E-state index contributed by atoms with van der Waals surface area (Å²) >= 11 is 0. The number of fused-ring (bicyclic) bond motifs is 1. The van der Waals surface area contributed by atoms with Crippen molar-refractivity contribution in [3.05, 3.63) is 76.5 Å². The highest BCUT2D eigenvalue weighted by molar-refractivity contribution is 5.77. The molecule has 0 saturated heterocycles. The van der Waals surface area contributed by atoms with E-state index in [-0.39, 0.29) is 16.2 Å². The first-order valence-corrected chi connectivity index (χ1v) is 11.7. The molecular weight excluding hydrogens is 386 g/mol. The fraction of sp³-hybridized carbons (Fsp3) is 0.452. The molecule has 168 valence electrons. The van der Waals surface area contributed by atoms with E-state index < -0.39 is 6.85 Å². The molecule has 1 aliphatic rings. The van der Waals surface area contributed by atoms with Gasteiger partial charge in [-0.05, 0) is 81.5 Å². The maximum absolute atomic E-state index is 8.32. The Morgan fingerprint density at radius 1 is 0.844 bits per heavy atom. The smallest absolute Gasteiger partial charge is 0.201 e. The van der Waals surface area contributed by atoms with Crippen LogP contribution in [0.3, 0.4) is 0 Å². The van der Waals surface area contributed by atoms with Crippen molar-refractivity contribution in [1.82, 2.24) is 0 Å². The van der Waals surface area contributed by atoms with Crippen LogP contribution in [0.5, 0.6) is 0 Å². The third-order valence-corrected chi connectivity index (χ3v) is 7.33. The van der Waals surface area contributed by atoms with Crippen molar-refractivity contribution in [3.8, 4) is 22.4 Å². The highest BCUT2D eigenvalue weighted by Crippen LogP contribution is 2.50. The Labute approximate surface area is 199 Å². The van der Waals surface area contributed by atoms with Crippen LogP contribution in [-0.4, -0.2) is 0 Å². The van der Waals surface area contributed by atoms with Gasteiger partial charge in [0, 0.05) is 21.8 Å². The van der Waals surface area contributed by atoms with Crippen LogP contribution in [0, 0.1) is 13.8 Å². The summed E-state index contributed by atoms with van der Waals surface area (Å²) in [6.07, 6.45) is 3.19. The molecular formula is C31H40N+. The zero-order valence-electron chi connectivity index (χ0n) is 24.3. The average molecular weight is 430 g/mol. The quantitative estimate of drug-likeness (QED) is 0.367. The van der Waals surface area contributed by atoms with Crippen LogP contribution in [-0.2, 0) is 23.3 Å². The molecule has 0 bridgehead atoms. The Bertz CT molecular complexity index is 1300. The predicted octanol–water partition coefficient (Wildman–Crippen LogP) is 7.72. The van der Waals surface area contributed by atoms with E-state index in [1.807, 2.05) is 13.0 Å². The van der Waals surface area contributed by atoms with Gasteiger partial charge in [-0.25, -0.2) is 4.57 Å². The summed E-state index contributed by atoms with van der Waals surface area (Å²) in [5, 5.41) is 0. The largest absolute Gasteiger partial charge is 0.212 e. The van der Waals surface area contributed by atoms with Gasteiger partial charge < -0.3 is 0 Å². The molecule has 0 aliphatic heterocycles. The van der Waals surface area contributed by atoms with Gasteiger partial charge in [0.15, 0.2) is 6.20 Å². The molecule has 1 nitrogen and oxygen atoms in total. The van der Waals surface area contributed by atoms with Crippen LogP contribution in [0.25, 0.3) is 22.4 Å². The maximum Gasteiger partial charge on any atom is 0.212 e. The van der Waals surface area contributed by atoms with Crippen molar-refractivity contribution in [3.63, 3.8) is 0 Å². The van der Waals surface area contributed by atoms with Gasteiger partial charge in [0.1, 0.15) is 7.05 Å². The highest BCUT2D eigenvalue weighted by atomic mass is 14.9. The van der Waals surface area contributed by atoms with E-state index in [2.05, 4.69) is 103 Å². The summed E-state index contributed by atoms with van der Waals surface area (Å²) in [7, 11) is 2.05. The molecule has 1 aliphatic carbocycles. The third kappa shape index (κ3) is 3.81. The van der Waals surface area contributed by atoms with Crippen LogP contribution in [0.4, 0.5) is 0 Å². The standard InChI is InChI=1S/C31H40N/c1-20-15-21(2)25(28-17-23(29(3,4)5)13-14-32(28)10)18-24(20)22-11-12-26-27(16-22)31(8,9)19-30(26,6)7/h11-18H,19H2,1-10H3/q+1/i1D3. The van der Waals surface area contributed by atoms with Crippen LogP contribution in [0.15, 0.2) is 48.7 Å². The van der Waals surface area contributed by atoms with Crippen molar-refractivity contribution in [2.24, 2.45) is 7.05 Å². The molecule has 0 spiro atoms. The van der Waals surface area contributed by atoms with E-state index in [0.717, 1.165) is 34.4 Å². The van der Waals surface area contributed by atoms with E-state index in [1.54, 1.807) is 0 Å². The first kappa shape index (κ1) is 19.1. The van der Waals surface area contributed by atoms with Crippen molar-refractivity contribution in [2.45, 2.75) is 84.9 Å². The van der Waals surface area contributed by atoms with Gasteiger partial charge in [-0.15, -0.1) is 0 Å². The second-order valence-corrected chi connectivity index (χ2v) is 12.1. The lowest BCUT2D eigenvalue weighted by Crippen LogP contribution is -2.32. The van der Waals surface area contributed by atoms with Gasteiger partial charge in [-0.3, -0.25) is 0 Å². The van der Waals surface area contributed by atoms with E-state index >= 15 is 0 Å². The third-order valence-electron chi connectivity index (χ3n) is 7.33. The second kappa shape index (κ2) is 7.30. The van der Waals surface area contributed by atoms with Gasteiger partial charge in [-0.2, -0.15) is 0 Å². The molecule has 0 fully saturated rings. The summed E-state index contributed by atoms with van der Waals surface area (Å²) in [4.78, 5) is 0. The fourth-order valence-electron chi connectivity index (χ4n) is 5.68. The Hall–Kier alpha value is -2.41. The fourth-order valence-corrected chi connectivity index (χ4v) is 5.68. The van der Waals surface area contributed by atoms with Crippen molar-refractivity contribution < 1.29 is 8.68 Å². The summed E-state index contributed by atoms with van der Waals surface area (Å²) in [6, 6.07) is 15.0. The molecule has 0 radical (unpaired) electrons. The molecule has 0 unspecified atom stereocenters. The van der Waals surface area contributed by atoms with E-state index in [0.29, 0.717) is 5.56 Å². The van der Waals surface area contributed by atoms with Gasteiger partial charge in [0.2, 0.25) is 5.69 Å². The zero-order chi connectivity index (χ0) is 26.1. The number of hydrogen-bond acceptors (Lipinski definition) is 0. The number of hydrogen-bond donors (Lipinski definition) is 0. The summed E-state index contributed by atoms with van der Waals surface area (Å²) in [6.45, 7) is 15.7. The minimum atomic E-state index is -2.19. The number of aryl methyl sites for hydroxylation is 3. The number of benzene rings is 2. The topological polar surface area (TPSA) is 3.88 Å². The second-order valence-electron chi connectivity index (χ2n) is 12.1. The first-order valence-electron chi connectivity index (χ1n) is 13.2. The van der Waals surface area contributed by atoms with E-state index in [9.17, 15) is 0 Å². The minimum Gasteiger partial charge on any atom is -0.201 e. The summed E-state index contributed by atoms with van der Waals surface area (Å²) in [5.41, 5.74) is 9.50. The average Bonchev–Trinajstić information content (AvgIpc) is 2.90. The van der Waals surface area contributed by atoms with Gasteiger partial charge in [-0.1, -0.05) is 72.7 Å².